The van der Waals surface area contributed by atoms with E-state index in [2.05, 4.69) is 5.32 Å². The molecule has 0 aliphatic carbocycles. The molecule has 0 atom stereocenters. The fourth-order valence-corrected chi connectivity index (χ4v) is 2.48. The van der Waals surface area contributed by atoms with E-state index in [9.17, 15) is 13.2 Å². The van der Waals surface area contributed by atoms with Crippen LogP contribution >= 0.6 is 0 Å². The first-order valence-corrected chi connectivity index (χ1v) is 7.35. The van der Waals surface area contributed by atoms with Gasteiger partial charge in [0.1, 0.15) is 0 Å². The van der Waals surface area contributed by atoms with Gasteiger partial charge in [0.25, 0.3) is 0 Å². The van der Waals surface area contributed by atoms with Crippen LogP contribution in [-0.2, 0) is 14.6 Å². The van der Waals surface area contributed by atoms with Crippen LogP contribution in [0.4, 0.5) is 0 Å². The van der Waals surface area contributed by atoms with Crippen LogP contribution in [0.5, 0.6) is 0 Å². The topological polar surface area (TPSA) is 66.5 Å². The minimum Gasteiger partial charge on any atom is -0.341 e. The Balaban J connectivity index is 2.50. The second-order valence-corrected chi connectivity index (χ2v) is 7.00. The highest BCUT2D eigenvalue weighted by Gasteiger charge is 2.21. The largest absolute Gasteiger partial charge is 0.341 e. The third-order valence-corrected chi connectivity index (χ3v) is 4.96. The van der Waals surface area contributed by atoms with Gasteiger partial charge in [-0.2, -0.15) is 0 Å². The van der Waals surface area contributed by atoms with Gasteiger partial charge in [-0.05, 0) is 26.8 Å². The number of nitrogens with one attached hydrogen (secondary N) is 1. The lowest BCUT2D eigenvalue weighted by atomic mass is 10.4. The highest BCUT2D eigenvalue weighted by atomic mass is 32.2. The molecule has 6 heteroatoms. The molecular weight excluding hydrogens is 228 g/mol. The number of hydrogen-bond acceptors (Lipinski definition) is 4. The molecule has 0 aromatic rings. The summed E-state index contributed by atoms with van der Waals surface area (Å²) in [6.45, 7) is 5.45. The zero-order chi connectivity index (χ0) is 12.2. The van der Waals surface area contributed by atoms with Gasteiger partial charge in [-0.15, -0.1) is 0 Å². The normalized spacial score (nSPS) is 18.9. The highest BCUT2D eigenvalue weighted by molar-refractivity contribution is 7.92. The van der Waals surface area contributed by atoms with Crippen molar-refractivity contribution in [3.63, 3.8) is 0 Å². The molecular formula is C10H20N2O3S. The summed E-state index contributed by atoms with van der Waals surface area (Å²) in [5.41, 5.74) is 0. The Bertz CT molecular complexity index is 338. The Morgan fingerprint density at radius 2 is 2.12 bits per heavy atom. The van der Waals surface area contributed by atoms with Crippen molar-refractivity contribution in [1.29, 1.82) is 0 Å². The van der Waals surface area contributed by atoms with Gasteiger partial charge in [0.15, 0.2) is 9.84 Å². The number of sulfone groups is 1. The monoisotopic (exact) mass is 248 g/mol. The third-order valence-electron chi connectivity index (χ3n) is 2.77. The molecule has 0 radical (unpaired) electrons. The molecule has 0 spiro atoms. The first-order chi connectivity index (χ1) is 7.43. The van der Waals surface area contributed by atoms with Crippen molar-refractivity contribution in [3.05, 3.63) is 0 Å². The van der Waals surface area contributed by atoms with Crippen LogP contribution in [0.25, 0.3) is 0 Å². The predicted molar refractivity (Wildman–Crippen MR) is 63.0 cm³/mol. The second-order valence-electron chi connectivity index (χ2n) is 4.33. The van der Waals surface area contributed by atoms with E-state index in [0.717, 1.165) is 13.0 Å². The Hall–Kier alpha value is -0.620. The lowest BCUT2D eigenvalue weighted by Gasteiger charge is -2.20. The first-order valence-electron chi connectivity index (χ1n) is 5.63. The number of amides is 1. The predicted octanol–water partition coefficient (Wildman–Crippen LogP) is -0.368. The number of rotatable bonds is 4. The van der Waals surface area contributed by atoms with Crippen molar-refractivity contribution in [3.8, 4) is 0 Å². The molecule has 94 valence electrons. The van der Waals surface area contributed by atoms with Crippen LogP contribution in [0, 0.1) is 0 Å². The van der Waals surface area contributed by atoms with E-state index in [0.29, 0.717) is 19.6 Å². The Kier molecular flexibility index (Phi) is 4.73. The molecule has 0 bridgehead atoms. The molecule has 0 unspecified atom stereocenters. The molecule has 1 heterocycles. The number of nitrogens with zero attached hydrogens (tertiary/aromatic N) is 1. The minimum atomic E-state index is -3.05. The van der Waals surface area contributed by atoms with Gasteiger partial charge in [-0.1, -0.05) is 0 Å². The van der Waals surface area contributed by atoms with E-state index in [1.54, 1.807) is 18.7 Å². The quantitative estimate of drug-likeness (QED) is 0.737. The molecule has 5 nitrogen and oxygen atoms in total. The summed E-state index contributed by atoms with van der Waals surface area (Å²) in [5, 5.41) is 2.64. The molecule has 1 amide bonds. The lowest BCUT2D eigenvalue weighted by molar-refractivity contribution is -0.129. The standard InChI is InChI=1S/C10H20N2O3S/c1-9(2)16(14,15)7-6-12-5-3-4-11-8-10(12)13/h9,11H,3-8H2,1-2H3. The van der Waals surface area contributed by atoms with Gasteiger partial charge in [0.2, 0.25) is 5.91 Å². The van der Waals surface area contributed by atoms with E-state index < -0.39 is 9.84 Å². The third kappa shape index (κ3) is 3.75. The van der Waals surface area contributed by atoms with Crippen molar-refractivity contribution in [1.82, 2.24) is 10.2 Å². The maximum absolute atomic E-state index is 11.6. The van der Waals surface area contributed by atoms with Gasteiger partial charge in [0.05, 0.1) is 17.5 Å². The highest BCUT2D eigenvalue weighted by Crippen LogP contribution is 2.03. The molecule has 1 fully saturated rings. The molecule has 16 heavy (non-hydrogen) atoms. The van der Waals surface area contributed by atoms with Gasteiger partial charge in [-0.3, -0.25) is 4.79 Å². The van der Waals surface area contributed by atoms with E-state index >= 15 is 0 Å². The number of hydrogen-bond donors (Lipinski definition) is 1. The van der Waals surface area contributed by atoms with Gasteiger partial charge in [0, 0.05) is 13.1 Å². The lowest BCUT2D eigenvalue weighted by Crippen LogP contribution is -2.38. The van der Waals surface area contributed by atoms with Crippen LogP contribution in [-0.4, -0.2) is 56.4 Å². The molecule has 0 saturated carbocycles. The average molecular weight is 248 g/mol. The fraction of sp³-hybridized carbons (Fsp3) is 0.900. The van der Waals surface area contributed by atoms with Crippen molar-refractivity contribution in [2.24, 2.45) is 0 Å². The van der Waals surface area contributed by atoms with Crippen LogP contribution in [0.1, 0.15) is 20.3 Å². The van der Waals surface area contributed by atoms with Gasteiger partial charge >= 0.3 is 0 Å². The average Bonchev–Trinajstić information content (AvgIpc) is 2.40. The van der Waals surface area contributed by atoms with Crippen LogP contribution in [0.2, 0.25) is 0 Å². The molecule has 1 aliphatic heterocycles. The fourth-order valence-electron chi connectivity index (χ4n) is 1.54. The zero-order valence-corrected chi connectivity index (χ0v) is 10.7. The number of carbonyl (C=O) groups excluding carboxylic acids is 1. The molecule has 0 aromatic heterocycles. The van der Waals surface area contributed by atoms with Crippen molar-refractivity contribution < 1.29 is 13.2 Å². The van der Waals surface area contributed by atoms with Crippen molar-refractivity contribution in [2.75, 3.05) is 31.9 Å². The van der Waals surface area contributed by atoms with Crippen LogP contribution in [0.15, 0.2) is 0 Å². The first kappa shape index (κ1) is 13.4. The van der Waals surface area contributed by atoms with Crippen LogP contribution < -0.4 is 5.32 Å². The second kappa shape index (κ2) is 5.63. The summed E-state index contributed by atoms with van der Waals surface area (Å²) in [6, 6.07) is 0. The van der Waals surface area contributed by atoms with Crippen molar-refractivity contribution in [2.45, 2.75) is 25.5 Å². The molecule has 1 N–H and O–H groups in total. The Morgan fingerprint density at radius 3 is 2.75 bits per heavy atom. The smallest absolute Gasteiger partial charge is 0.236 e. The summed E-state index contributed by atoms with van der Waals surface area (Å²) in [7, 11) is -3.05. The van der Waals surface area contributed by atoms with E-state index in [-0.39, 0.29) is 16.9 Å². The Morgan fingerprint density at radius 1 is 1.44 bits per heavy atom. The summed E-state index contributed by atoms with van der Waals surface area (Å²) in [5.74, 6) is 0.0626. The van der Waals surface area contributed by atoms with E-state index in [1.807, 2.05) is 0 Å². The molecule has 1 saturated heterocycles. The zero-order valence-electron chi connectivity index (χ0n) is 9.90. The molecule has 0 aromatic carbocycles. The number of carbonyl (C=O) groups is 1. The molecule has 1 rings (SSSR count). The van der Waals surface area contributed by atoms with E-state index in [4.69, 9.17) is 0 Å². The Labute approximate surface area is 97.1 Å². The van der Waals surface area contributed by atoms with Crippen LogP contribution in [0.3, 0.4) is 0 Å². The maximum atomic E-state index is 11.6. The van der Waals surface area contributed by atoms with Gasteiger partial charge < -0.3 is 10.2 Å². The summed E-state index contributed by atoms with van der Waals surface area (Å²) < 4.78 is 23.2. The van der Waals surface area contributed by atoms with Gasteiger partial charge in [-0.25, -0.2) is 8.42 Å². The summed E-state index contributed by atoms with van der Waals surface area (Å²) in [4.78, 5) is 13.2. The minimum absolute atomic E-state index is 0.00328. The molecule has 1 aliphatic rings. The maximum Gasteiger partial charge on any atom is 0.236 e. The summed E-state index contributed by atoms with van der Waals surface area (Å²) >= 11 is 0. The SMILES string of the molecule is CC(C)S(=O)(=O)CCN1CCCNCC1=O. The summed E-state index contributed by atoms with van der Waals surface area (Å²) in [6.07, 6.45) is 0.882. The van der Waals surface area contributed by atoms with E-state index in [1.165, 1.54) is 0 Å². The van der Waals surface area contributed by atoms with Crippen molar-refractivity contribution >= 4 is 15.7 Å².